The first-order chi connectivity index (χ1) is 7.06. The van der Waals surface area contributed by atoms with Crippen molar-refractivity contribution in [2.24, 2.45) is 0 Å². The maximum absolute atomic E-state index is 13.4. The molecule has 15 heavy (non-hydrogen) atoms. The largest absolute Gasteiger partial charge is 0.390 e. The molecule has 0 fully saturated rings. The lowest BCUT2D eigenvalue weighted by atomic mass is 10.0. The minimum absolute atomic E-state index is 0.0739. The number of rotatable bonds is 4. The van der Waals surface area contributed by atoms with Crippen molar-refractivity contribution in [1.82, 2.24) is 0 Å². The topological polar surface area (TPSA) is 29.5 Å². The van der Waals surface area contributed by atoms with Crippen LogP contribution in [0.2, 0.25) is 5.02 Å². The highest BCUT2D eigenvalue weighted by atomic mass is 35.5. The Morgan fingerprint density at radius 3 is 2.80 bits per heavy atom. The zero-order valence-corrected chi connectivity index (χ0v) is 9.46. The molecule has 1 rings (SSSR count). The Morgan fingerprint density at radius 1 is 1.53 bits per heavy atom. The van der Waals surface area contributed by atoms with Gasteiger partial charge in [-0.3, -0.25) is 0 Å². The molecule has 4 heteroatoms. The van der Waals surface area contributed by atoms with Crippen LogP contribution in [0.5, 0.6) is 0 Å². The second-order valence-corrected chi connectivity index (χ2v) is 3.83. The van der Waals surface area contributed by atoms with Crippen molar-refractivity contribution in [2.45, 2.75) is 25.6 Å². The smallest absolute Gasteiger partial charge is 0.145 e. The summed E-state index contributed by atoms with van der Waals surface area (Å²) < 4.78 is 18.4. The maximum Gasteiger partial charge on any atom is 0.145 e. The molecule has 2 nitrogen and oxygen atoms in total. The molecular weight excluding hydrogens is 219 g/mol. The van der Waals surface area contributed by atoms with Crippen LogP contribution in [0, 0.1) is 5.82 Å². The maximum atomic E-state index is 13.4. The Morgan fingerprint density at radius 2 is 2.20 bits per heavy atom. The highest BCUT2D eigenvalue weighted by Crippen LogP contribution is 2.19. The summed E-state index contributed by atoms with van der Waals surface area (Å²) in [4.78, 5) is 0. The predicted molar refractivity (Wildman–Crippen MR) is 57.6 cm³/mol. The van der Waals surface area contributed by atoms with Crippen LogP contribution in [0.25, 0.3) is 0 Å². The van der Waals surface area contributed by atoms with E-state index in [1.165, 1.54) is 13.2 Å². The van der Waals surface area contributed by atoms with Gasteiger partial charge in [0.05, 0.1) is 17.2 Å². The number of methoxy groups -OCH3 is 1. The lowest BCUT2D eigenvalue weighted by molar-refractivity contribution is 0.0000470. The molecule has 1 aromatic rings. The Bertz CT molecular complexity index is 330. The summed E-state index contributed by atoms with van der Waals surface area (Å²) in [5.41, 5.74) is 0.402. The van der Waals surface area contributed by atoms with E-state index in [1.807, 2.05) is 0 Å². The number of hydrogen-bond donors (Lipinski definition) is 1. The van der Waals surface area contributed by atoms with Crippen molar-refractivity contribution >= 4 is 11.6 Å². The number of halogens is 2. The normalized spacial score (nSPS) is 15.0. The summed E-state index contributed by atoms with van der Waals surface area (Å²) in [6.45, 7) is 1.73. The van der Waals surface area contributed by atoms with Crippen molar-refractivity contribution in [3.05, 3.63) is 34.6 Å². The van der Waals surface area contributed by atoms with E-state index >= 15 is 0 Å². The second-order valence-electron chi connectivity index (χ2n) is 3.43. The van der Waals surface area contributed by atoms with Gasteiger partial charge in [0.25, 0.3) is 0 Å². The van der Waals surface area contributed by atoms with Crippen LogP contribution < -0.4 is 0 Å². The van der Waals surface area contributed by atoms with E-state index in [1.54, 1.807) is 19.1 Å². The van der Waals surface area contributed by atoms with Crippen LogP contribution in [-0.4, -0.2) is 24.4 Å². The van der Waals surface area contributed by atoms with Crippen molar-refractivity contribution in [2.75, 3.05) is 7.11 Å². The minimum Gasteiger partial charge on any atom is -0.390 e. The zero-order valence-electron chi connectivity index (χ0n) is 8.71. The molecule has 1 aromatic carbocycles. The summed E-state index contributed by atoms with van der Waals surface area (Å²) in [7, 11) is 1.50. The van der Waals surface area contributed by atoms with E-state index in [-0.39, 0.29) is 17.5 Å². The van der Waals surface area contributed by atoms with E-state index in [2.05, 4.69) is 0 Å². The number of benzene rings is 1. The number of hydrogen-bond acceptors (Lipinski definition) is 2. The van der Waals surface area contributed by atoms with Crippen molar-refractivity contribution in [3.8, 4) is 0 Å². The van der Waals surface area contributed by atoms with Gasteiger partial charge in [-0.25, -0.2) is 4.39 Å². The van der Waals surface area contributed by atoms with Crippen LogP contribution in [0.1, 0.15) is 12.5 Å². The van der Waals surface area contributed by atoms with E-state index < -0.39 is 11.9 Å². The SMILES string of the molecule is COC(C)C(O)Cc1cccc(Cl)c1F. The standard InChI is InChI=1S/C11H14ClFO2/c1-7(15-2)10(14)6-8-4-3-5-9(12)11(8)13/h3-5,7,10,14H,6H2,1-2H3. The number of aliphatic hydroxyl groups is 1. The van der Waals surface area contributed by atoms with E-state index in [0.29, 0.717) is 5.56 Å². The highest BCUT2D eigenvalue weighted by molar-refractivity contribution is 6.30. The molecule has 0 radical (unpaired) electrons. The Labute approximate surface area is 93.6 Å². The lowest BCUT2D eigenvalue weighted by Crippen LogP contribution is -2.27. The molecule has 84 valence electrons. The van der Waals surface area contributed by atoms with E-state index in [4.69, 9.17) is 16.3 Å². The molecule has 0 heterocycles. The van der Waals surface area contributed by atoms with Gasteiger partial charge in [0.15, 0.2) is 0 Å². The third-order valence-electron chi connectivity index (χ3n) is 2.37. The monoisotopic (exact) mass is 232 g/mol. The minimum atomic E-state index is -0.733. The molecule has 0 saturated carbocycles. The predicted octanol–water partition coefficient (Wildman–Crippen LogP) is 2.42. The molecule has 0 amide bonds. The molecule has 1 N–H and O–H groups in total. The van der Waals surface area contributed by atoms with Crippen LogP contribution in [-0.2, 0) is 11.2 Å². The first kappa shape index (κ1) is 12.4. The molecule has 0 aliphatic rings. The summed E-state index contributed by atoms with van der Waals surface area (Å²) in [5.74, 6) is -0.471. The zero-order chi connectivity index (χ0) is 11.4. The first-order valence-electron chi connectivity index (χ1n) is 4.70. The third-order valence-corrected chi connectivity index (χ3v) is 2.67. The molecule has 2 unspecified atom stereocenters. The third kappa shape index (κ3) is 3.16. The summed E-state index contributed by atoms with van der Waals surface area (Å²) in [5, 5.41) is 9.73. The van der Waals surface area contributed by atoms with Gasteiger partial charge in [0, 0.05) is 13.5 Å². The Hall–Kier alpha value is -0.640. The van der Waals surface area contributed by atoms with Crippen molar-refractivity contribution in [3.63, 3.8) is 0 Å². The van der Waals surface area contributed by atoms with Gasteiger partial charge in [-0.05, 0) is 18.6 Å². The highest BCUT2D eigenvalue weighted by Gasteiger charge is 2.16. The summed E-state index contributed by atoms with van der Waals surface area (Å²) in [6, 6.07) is 4.74. The first-order valence-corrected chi connectivity index (χ1v) is 5.07. The molecule has 0 aromatic heterocycles. The molecule has 0 spiro atoms. The summed E-state index contributed by atoms with van der Waals surface area (Å²) in [6.07, 6.45) is -0.868. The fourth-order valence-electron chi connectivity index (χ4n) is 1.25. The molecule has 0 aliphatic carbocycles. The van der Waals surface area contributed by atoms with Crippen molar-refractivity contribution < 1.29 is 14.2 Å². The van der Waals surface area contributed by atoms with Crippen LogP contribution >= 0.6 is 11.6 Å². The Kier molecular flexibility index (Phi) is 4.51. The second kappa shape index (κ2) is 5.45. The van der Waals surface area contributed by atoms with Crippen LogP contribution in [0.4, 0.5) is 4.39 Å². The fraction of sp³-hybridized carbons (Fsp3) is 0.455. The van der Waals surface area contributed by atoms with Crippen LogP contribution in [0.15, 0.2) is 18.2 Å². The van der Waals surface area contributed by atoms with E-state index in [9.17, 15) is 9.50 Å². The fourth-order valence-corrected chi connectivity index (χ4v) is 1.45. The van der Waals surface area contributed by atoms with Gasteiger partial charge in [0.1, 0.15) is 5.82 Å². The Balaban J connectivity index is 2.76. The molecule has 0 aliphatic heterocycles. The molecule has 0 saturated heterocycles. The molecule has 0 bridgehead atoms. The van der Waals surface area contributed by atoms with Gasteiger partial charge in [-0.1, -0.05) is 23.7 Å². The lowest BCUT2D eigenvalue weighted by Gasteiger charge is -2.17. The van der Waals surface area contributed by atoms with Crippen molar-refractivity contribution in [1.29, 1.82) is 0 Å². The number of ether oxygens (including phenoxy) is 1. The average molecular weight is 233 g/mol. The molecular formula is C11H14ClFO2. The average Bonchev–Trinajstić information content (AvgIpc) is 2.23. The van der Waals surface area contributed by atoms with Gasteiger partial charge >= 0.3 is 0 Å². The van der Waals surface area contributed by atoms with Gasteiger partial charge in [0.2, 0.25) is 0 Å². The quantitative estimate of drug-likeness (QED) is 0.864. The van der Waals surface area contributed by atoms with Crippen LogP contribution in [0.3, 0.4) is 0 Å². The van der Waals surface area contributed by atoms with E-state index in [0.717, 1.165) is 0 Å². The van der Waals surface area contributed by atoms with Gasteiger partial charge in [-0.2, -0.15) is 0 Å². The van der Waals surface area contributed by atoms with Gasteiger partial charge < -0.3 is 9.84 Å². The molecule has 2 atom stereocenters. The number of aliphatic hydroxyl groups excluding tert-OH is 1. The summed E-state index contributed by atoms with van der Waals surface area (Å²) >= 11 is 5.62. The van der Waals surface area contributed by atoms with Gasteiger partial charge in [-0.15, -0.1) is 0 Å².